The van der Waals surface area contributed by atoms with Crippen molar-refractivity contribution in [3.8, 4) is 0 Å². The molecule has 3 aromatic rings. The first kappa shape index (κ1) is 24.1. The number of likely N-dealkylation sites (N-methyl/N-ethyl adjacent to an activating group) is 1. The van der Waals surface area contributed by atoms with E-state index >= 15 is 0 Å². The number of amides is 2. The molecular weight excluding hydrogens is 454 g/mol. The first-order chi connectivity index (χ1) is 17.3. The van der Waals surface area contributed by atoms with E-state index in [4.69, 9.17) is 4.74 Å². The molecule has 2 N–H and O–H groups in total. The summed E-state index contributed by atoms with van der Waals surface area (Å²) in [5.41, 5.74) is 3.11. The van der Waals surface area contributed by atoms with Gasteiger partial charge >= 0.3 is 6.09 Å². The fourth-order valence-electron chi connectivity index (χ4n) is 5.07. The summed E-state index contributed by atoms with van der Waals surface area (Å²) in [7, 11) is 3.91. The average Bonchev–Trinajstić information content (AvgIpc) is 3.49. The van der Waals surface area contributed by atoms with Crippen LogP contribution in [-0.2, 0) is 21.6 Å². The number of nitrogens with one attached hydrogen (secondary N) is 2. The van der Waals surface area contributed by atoms with Crippen LogP contribution >= 0.6 is 0 Å². The molecule has 1 aliphatic heterocycles. The molecule has 0 radical (unpaired) electrons. The molecule has 36 heavy (non-hydrogen) atoms. The highest BCUT2D eigenvalue weighted by Gasteiger charge is 2.47. The maximum Gasteiger partial charge on any atom is 0.411 e. The Morgan fingerprint density at radius 3 is 2.47 bits per heavy atom. The minimum absolute atomic E-state index is 0.0351. The van der Waals surface area contributed by atoms with Gasteiger partial charge in [0.2, 0.25) is 5.91 Å². The van der Waals surface area contributed by atoms with Crippen LogP contribution in [0.1, 0.15) is 54.7 Å². The van der Waals surface area contributed by atoms with Crippen LogP contribution in [0.25, 0.3) is 0 Å². The Bertz CT molecular complexity index is 1240. The number of aromatic amines is 1. The summed E-state index contributed by atoms with van der Waals surface area (Å²) >= 11 is 0. The monoisotopic (exact) mass is 487 g/mol. The smallest absolute Gasteiger partial charge is 0.411 e. The second kappa shape index (κ2) is 9.43. The number of benzene rings is 2. The molecule has 5 rings (SSSR count). The molecule has 0 spiro atoms. The van der Waals surface area contributed by atoms with Crippen LogP contribution in [0.15, 0.2) is 60.7 Å². The quantitative estimate of drug-likeness (QED) is 0.507. The molecule has 2 heterocycles. The van der Waals surface area contributed by atoms with E-state index in [0.29, 0.717) is 18.9 Å². The third kappa shape index (κ3) is 4.60. The van der Waals surface area contributed by atoms with Gasteiger partial charge in [0.1, 0.15) is 6.10 Å². The Kier molecular flexibility index (Phi) is 6.30. The van der Waals surface area contributed by atoms with Gasteiger partial charge in [0.05, 0.1) is 17.8 Å². The number of aromatic nitrogens is 2. The van der Waals surface area contributed by atoms with E-state index in [-0.39, 0.29) is 17.7 Å². The zero-order chi connectivity index (χ0) is 25.4. The van der Waals surface area contributed by atoms with Crippen molar-refractivity contribution in [1.29, 1.82) is 0 Å². The minimum atomic E-state index is -0.659. The lowest BCUT2D eigenvalue weighted by Crippen LogP contribution is -2.42. The van der Waals surface area contributed by atoms with Gasteiger partial charge in [-0.3, -0.25) is 14.8 Å². The molecule has 188 valence electrons. The number of anilines is 1. The predicted octanol–water partition coefficient (Wildman–Crippen LogP) is 4.64. The summed E-state index contributed by atoms with van der Waals surface area (Å²) in [4.78, 5) is 30.1. The van der Waals surface area contributed by atoms with Crippen molar-refractivity contribution in [2.24, 2.45) is 5.92 Å². The van der Waals surface area contributed by atoms with Gasteiger partial charge in [-0.05, 0) is 51.4 Å². The molecule has 2 amide bonds. The molecule has 8 heteroatoms. The molecule has 3 atom stereocenters. The summed E-state index contributed by atoms with van der Waals surface area (Å²) in [6.45, 7) is 4.80. The highest BCUT2D eigenvalue weighted by Crippen LogP contribution is 2.48. The van der Waals surface area contributed by atoms with Crippen LogP contribution in [0.2, 0.25) is 0 Å². The fourth-order valence-corrected chi connectivity index (χ4v) is 5.07. The number of rotatable bonds is 7. The van der Waals surface area contributed by atoms with E-state index in [2.05, 4.69) is 27.6 Å². The summed E-state index contributed by atoms with van der Waals surface area (Å²) in [5, 5.41) is 10.5. The van der Waals surface area contributed by atoms with Crippen LogP contribution in [0.5, 0.6) is 0 Å². The molecule has 1 aliphatic carbocycles. The van der Waals surface area contributed by atoms with Crippen molar-refractivity contribution < 1.29 is 14.3 Å². The Hall–Kier alpha value is -3.65. The lowest BCUT2D eigenvalue weighted by atomic mass is 10.0. The van der Waals surface area contributed by atoms with E-state index in [1.54, 1.807) is 4.90 Å². The van der Waals surface area contributed by atoms with E-state index in [1.807, 2.05) is 81.4 Å². The highest BCUT2D eigenvalue weighted by atomic mass is 16.6. The number of ether oxygens (including phenoxy) is 1. The van der Waals surface area contributed by atoms with Crippen LogP contribution in [0, 0.1) is 5.92 Å². The van der Waals surface area contributed by atoms with Crippen molar-refractivity contribution in [1.82, 2.24) is 20.0 Å². The molecule has 2 aromatic carbocycles. The normalized spacial score (nSPS) is 20.6. The number of fused-ring (bicyclic) bond motifs is 1. The van der Waals surface area contributed by atoms with Crippen molar-refractivity contribution in [2.45, 2.75) is 44.4 Å². The molecular formula is C28H33N5O3. The molecule has 1 saturated carbocycles. The maximum atomic E-state index is 13.4. The van der Waals surface area contributed by atoms with E-state index < -0.39 is 17.7 Å². The van der Waals surface area contributed by atoms with Crippen molar-refractivity contribution >= 4 is 17.8 Å². The molecule has 8 nitrogen and oxygen atoms in total. The third-order valence-corrected chi connectivity index (χ3v) is 7.23. The largest absolute Gasteiger partial charge is 0.440 e. The van der Waals surface area contributed by atoms with Crippen molar-refractivity contribution in [3.05, 3.63) is 83.0 Å². The SMILES string of the molecule is CN(C)CC(OC(=O)N1Cc2c(NC(=O)C3CC3c3ccccc3)n[nH]c2C1(C)C)c1ccccc1. The second-order valence-electron chi connectivity index (χ2n) is 10.5. The van der Waals surface area contributed by atoms with Crippen molar-refractivity contribution in [3.63, 3.8) is 0 Å². The average molecular weight is 488 g/mol. The van der Waals surface area contributed by atoms with Gasteiger partial charge in [-0.25, -0.2) is 4.79 Å². The summed E-state index contributed by atoms with van der Waals surface area (Å²) in [5.74, 6) is 0.637. The first-order valence-corrected chi connectivity index (χ1v) is 12.4. The van der Waals surface area contributed by atoms with Crippen LogP contribution in [0.4, 0.5) is 10.6 Å². The topological polar surface area (TPSA) is 90.6 Å². The molecule has 1 aromatic heterocycles. The third-order valence-electron chi connectivity index (χ3n) is 7.23. The van der Waals surface area contributed by atoms with E-state index in [9.17, 15) is 9.59 Å². The Morgan fingerprint density at radius 2 is 1.81 bits per heavy atom. The summed E-state index contributed by atoms with van der Waals surface area (Å²) in [6, 6.07) is 19.9. The lowest BCUT2D eigenvalue weighted by Gasteiger charge is -2.33. The highest BCUT2D eigenvalue weighted by molar-refractivity contribution is 5.95. The lowest BCUT2D eigenvalue weighted by molar-refractivity contribution is -0.117. The van der Waals surface area contributed by atoms with Gasteiger partial charge in [0.15, 0.2) is 5.82 Å². The molecule has 2 aliphatic rings. The van der Waals surface area contributed by atoms with Gasteiger partial charge in [-0.1, -0.05) is 60.7 Å². The first-order valence-electron chi connectivity index (χ1n) is 12.4. The number of carbonyl (C=O) groups is 2. The van der Waals surface area contributed by atoms with Crippen LogP contribution in [-0.4, -0.2) is 52.6 Å². The summed E-state index contributed by atoms with van der Waals surface area (Å²) in [6.07, 6.45) is 0.0357. The van der Waals surface area contributed by atoms with Crippen LogP contribution in [0.3, 0.4) is 0 Å². The predicted molar refractivity (Wildman–Crippen MR) is 137 cm³/mol. The molecule has 1 fully saturated rings. The van der Waals surface area contributed by atoms with Crippen LogP contribution < -0.4 is 5.32 Å². The van der Waals surface area contributed by atoms with Crippen molar-refractivity contribution in [2.75, 3.05) is 26.0 Å². The second-order valence-corrected chi connectivity index (χ2v) is 10.5. The Labute approximate surface area is 211 Å². The number of hydrogen-bond donors (Lipinski definition) is 2. The Balaban J connectivity index is 1.28. The summed E-state index contributed by atoms with van der Waals surface area (Å²) < 4.78 is 6.02. The van der Waals surface area contributed by atoms with Gasteiger partial charge in [-0.2, -0.15) is 5.10 Å². The number of carbonyl (C=O) groups excluding carboxylic acids is 2. The fraction of sp³-hybridized carbons (Fsp3) is 0.393. The van der Waals surface area contributed by atoms with Gasteiger partial charge in [-0.15, -0.1) is 0 Å². The minimum Gasteiger partial charge on any atom is -0.440 e. The molecule has 0 saturated heterocycles. The van der Waals surface area contributed by atoms with Gasteiger partial charge in [0, 0.05) is 18.0 Å². The zero-order valence-corrected chi connectivity index (χ0v) is 21.2. The van der Waals surface area contributed by atoms with Gasteiger partial charge in [0.25, 0.3) is 0 Å². The van der Waals surface area contributed by atoms with E-state index in [1.165, 1.54) is 5.56 Å². The standard InChI is InChI=1S/C28H33N5O3/c1-28(2)24-22(16-33(28)27(35)36-23(17-32(3)4)19-13-9-6-10-14-19)25(31-30-24)29-26(34)21-15-20(21)18-11-7-5-8-12-18/h5-14,20-21,23H,15-17H2,1-4H3,(H2,29,30,31,34). The maximum absolute atomic E-state index is 13.4. The molecule has 0 bridgehead atoms. The Morgan fingerprint density at radius 1 is 1.14 bits per heavy atom. The number of nitrogens with zero attached hydrogens (tertiary/aromatic N) is 3. The number of H-pyrrole nitrogens is 1. The number of hydrogen-bond acceptors (Lipinski definition) is 5. The van der Waals surface area contributed by atoms with Gasteiger partial charge < -0.3 is 15.0 Å². The molecule has 3 unspecified atom stereocenters. The zero-order valence-electron chi connectivity index (χ0n) is 21.2. The van der Waals surface area contributed by atoms with E-state index in [0.717, 1.165) is 23.2 Å².